The summed E-state index contributed by atoms with van der Waals surface area (Å²) >= 11 is 0. The number of hydrogen-bond acceptors (Lipinski definition) is 5. The molecule has 0 aliphatic carbocycles. The molecule has 0 aliphatic heterocycles. The van der Waals surface area contributed by atoms with E-state index in [0.717, 1.165) is 10.8 Å². The van der Waals surface area contributed by atoms with E-state index in [4.69, 9.17) is 9.26 Å². The smallest absolute Gasteiger partial charge is 0.360 e. The molecule has 0 saturated heterocycles. The molecule has 2 aromatic carbocycles. The van der Waals surface area contributed by atoms with Gasteiger partial charge in [0.1, 0.15) is 5.76 Å². The molecule has 0 aliphatic rings. The van der Waals surface area contributed by atoms with Crippen molar-refractivity contribution in [1.29, 1.82) is 0 Å². The highest BCUT2D eigenvalue weighted by Crippen LogP contribution is 2.15. The monoisotopic (exact) mass is 338 g/mol. The fourth-order valence-corrected chi connectivity index (χ4v) is 2.46. The molecule has 25 heavy (non-hydrogen) atoms. The number of amides is 1. The predicted octanol–water partition coefficient (Wildman–Crippen LogP) is 2.98. The van der Waals surface area contributed by atoms with Crippen LogP contribution >= 0.6 is 0 Å². The van der Waals surface area contributed by atoms with Crippen molar-refractivity contribution in [1.82, 2.24) is 10.5 Å². The van der Waals surface area contributed by atoms with Gasteiger partial charge < -0.3 is 14.6 Å². The van der Waals surface area contributed by atoms with Crippen LogP contribution in [0.2, 0.25) is 0 Å². The molecule has 0 unspecified atom stereocenters. The first kappa shape index (κ1) is 16.7. The number of esters is 1. The summed E-state index contributed by atoms with van der Waals surface area (Å²) in [6, 6.07) is 15.0. The van der Waals surface area contributed by atoms with E-state index in [0.29, 0.717) is 24.3 Å². The number of hydrogen-bond donors (Lipinski definition) is 1. The summed E-state index contributed by atoms with van der Waals surface area (Å²) in [6.07, 6.45) is 0.436. The maximum Gasteiger partial charge on any atom is 0.360 e. The fraction of sp³-hybridized carbons (Fsp3) is 0.211. The van der Waals surface area contributed by atoms with Crippen molar-refractivity contribution in [2.45, 2.75) is 13.3 Å². The summed E-state index contributed by atoms with van der Waals surface area (Å²) < 4.78 is 9.92. The van der Waals surface area contributed by atoms with Crippen molar-refractivity contribution in [2.75, 3.05) is 13.2 Å². The third-order valence-electron chi connectivity index (χ3n) is 3.71. The van der Waals surface area contributed by atoms with Crippen LogP contribution in [0.4, 0.5) is 0 Å². The number of rotatable bonds is 6. The molecule has 6 heteroatoms. The third kappa shape index (κ3) is 4.03. The lowest BCUT2D eigenvalue weighted by Crippen LogP contribution is -2.25. The molecule has 0 radical (unpaired) electrons. The van der Waals surface area contributed by atoms with E-state index in [1.165, 1.54) is 6.07 Å². The second-order valence-electron chi connectivity index (χ2n) is 5.47. The lowest BCUT2D eigenvalue weighted by Gasteiger charge is -2.05. The van der Waals surface area contributed by atoms with Crippen LogP contribution in [0.25, 0.3) is 10.8 Å². The van der Waals surface area contributed by atoms with Crippen LogP contribution in [0.1, 0.15) is 33.5 Å². The molecule has 0 saturated carbocycles. The summed E-state index contributed by atoms with van der Waals surface area (Å²) in [7, 11) is 0. The second kappa shape index (κ2) is 7.61. The molecule has 0 fully saturated rings. The Kier molecular flexibility index (Phi) is 5.09. The van der Waals surface area contributed by atoms with Gasteiger partial charge in [0.15, 0.2) is 5.69 Å². The van der Waals surface area contributed by atoms with Gasteiger partial charge in [-0.15, -0.1) is 0 Å². The van der Waals surface area contributed by atoms with Crippen LogP contribution in [0.3, 0.4) is 0 Å². The molecule has 3 aromatic rings. The SMILES string of the molecule is CCOC(=O)c1cc(CCNC(=O)c2ccc3ccccc3c2)on1. The lowest BCUT2D eigenvalue weighted by atomic mass is 10.1. The number of nitrogens with one attached hydrogen (secondary N) is 1. The molecule has 6 nitrogen and oxygen atoms in total. The highest BCUT2D eigenvalue weighted by Gasteiger charge is 2.13. The van der Waals surface area contributed by atoms with Crippen LogP contribution in [-0.4, -0.2) is 30.2 Å². The Hall–Kier alpha value is -3.15. The lowest BCUT2D eigenvalue weighted by molar-refractivity contribution is 0.0514. The van der Waals surface area contributed by atoms with Gasteiger partial charge in [-0.25, -0.2) is 4.79 Å². The number of fused-ring (bicyclic) bond motifs is 1. The largest absolute Gasteiger partial charge is 0.461 e. The van der Waals surface area contributed by atoms with Gasteiger partial charge in [0.05, 0.1) is 6.61 Å². The molecule has 1 N–H and O–H groups in total. The minimum Gasteiger partial charge on any atom is -0.461 e. The summed E-state index contributed by atoms with van der Waals surface area (Å²) in [4.78, 5) is 23.8. The van der Waals surface area contributed by atoms with Crippen LogP contribution in [0, 0.1) is 0 Å². The van der Waals surface area contributed by atoms with Gasteiger partial charge in [-0.2, -0.15) is 0 Å². The van der Waals surface area contributed by atoms with E-state index in [1.807, 2.05) is 36.4 Å². The van der Waals surface area contributed by atoms with Gasteiger partial charge >= 0.3 is 5.97 Å². The van der Waals surface area contributed by atoms with E-state index in [2.05, 4.69) is 10.5 Å². The van der Waals surface area contributed by atoms with Crippen LogP contribution in [0.15, 0.2) is 53.1 Å². The van der Waals surface area contributed by atoms with E-state index >= 15 is 0 Å². The van der Waals surface area contributed by atoms with Gasteiger partial charge in [-0.05, 0) is 29.8 Å². The molecule has 128 valence electrons. The average molecular weight is 338 g/mol. The van der Waals surface area contributed by atoms with Gasteiger partial charge in [0.2, 0.25) is 0 Å². The Labute approximate surface area is 144 Å². The molecule has 1 heterocycles. The molecule has 0 spiro atoms. The van der Waals surface area contributed by atoms with E-state index in [1.54, 1.807) is 13.0 Å². The molecule has 1 amide bonds. The molecular weight excluding hydrogens is 320 g/mol. The minimum atomic E-state index is -0.516. The third-order valence-corrected chi connectivity index (χ3v) is 3.71. The summed E-state index contributed by atoms with van der Waals surface area (Å²) in [5.41, 5.74) is 0.737. The molecule has 1 aromatic heterocycles. The van der Waals surface area contributed by atoms with Crippen LogP contribution in [-0.2, 0) is 11.2 Å². The maximum atomic E-state index is 12.2. The van der Waals surface area contributed by atoms with Gasteiger partial charge in [0, 0.05) is 24.6 Å². The normalized spacial score (nSPS) is 10.6. The molecular formula is C19H18N2O4. The number of carbonyl (C=O) groups excluding carboxylic acids is 2. The first-order valence-electron chi connectivity index (χ1n) is 8.07. The van der Waals surface area contributed by atoms with Gasteiger partial charge in [-0.1, -0.05) is 35.5 Å². The molecule has 3 rings (SSSR count). The minimum absolute atomic E-state index is 0.137. The first-order valence-corrected chi connectivity index (χ1v) is 8.07. The van der Waals surface area contributed by atoms with E-state index in [9.17, 15) is 9.59 Å². The van der Waals surface area contributed by atoms with Gasteiger partial charge in [-0.3, -0.25) is 4.79 Å². The quantitative estimate of drug-likeness (QED) is 0.699. The van der Waals surface area contributed by atoms with Crippen molar-refractivity contribution in [2.24, 2.45) is 0 Å². The maximum absolute atomic E-state index is 12.2. The standard InChI is InChI=1S/C19H18N2O4/c1-2-24-19(23)17-12-16(25-21-17)9-10-20-18(22)15-8-7-13-5-3-4-6-14(13)11-15/h3-8,11-12H,2,9-10H2,1H3,(H,20,22). The number of benzene rings is 2. The summed E-state index contributed by atoms with van der Waals surface area (Å²) in [5, 5.41) is 8.60. The Morgan fingerprint density at radius 3 is 2.72 bits per heavy atom. The Balaban J connectivity index is 1.56. The number of ether oxygens (including phenoxy) is 1. The average Bonchev–Trinajstić information content (AvgIpc) is 3.10. The highest BCUT2D eigenvalue weighted by atomic mass is 16.5. The Morgan fingerprint density at radius 2 is 1.92 bits per heavy atom. The zero-order valence-electron chi connectivity index (χ0n) is 13.8. The molecule has 0 bridgehead atoms. The summed E-state index contributed by atoms with van der Waals surface area (Å²) in [6.45, 7) is 2.38. The van der Waals surface area contributed by atoms with Crippen molar-refractivity contribution >= 4 is 22.6 Å². The zero-order valence-corrected chi connectivity index (χ0v) is 13.8. The van der Waals surface area contributed by atoms with Crippen molar-refractivity contribution < 1.29 is 18.8 Å². The van der Waals surface area contributed by atoms with Crippen LogP contribution < -0.4 is 5.32 Å². The number of nitrogens with zero attached hydrogens (tertiary/aromatic N) is 1. The Morgan fingerprint density at radius 1 is 1.12 bits per heavy atom. The van der Waals surface area contributed by atoms with Crippen molar-refractivity contribution in [3.05, 3.63) is 65.5 Å². The zero-order chi connectivity index (χ0) is 17.6. The van der Waals surface area contributed by atoms with Crippen LogP contribution in [0.5, 0.6) is 0 Å². The highest BCUT2D eigenvalue weighted by molar-refractivity contribution is 5.98. The number of aromatic nitrogens is 1. The topological polar surface area (TPSA) is 81.4 Å². The number of carbonyl (C=O) groups is 2. The van der Waals surface area contributed by atoms with Crippen molar-refractivity contribution in [3.8, 4) is 0 Å². The first-order chi connectivity index (χ1) is 12.2. The van der Waals surface area contributed by atoms with Crippen molar-refractivity contribution in [3.63, 3.8) is 0 Å². The second-order valence-corrected chi connectivity index (χ2v) is 5.47. The van der Waals surface area contributed by atoms with E-state index < -0.39 is 5.97 Å². The predicted molar refractivity (Wildman–Crippen MR) is 92.4 cm³/mol. The van der Waals surface area contributed by atoms with E-state index in [-0.39, 0.29) is 18.2 Å². The fourth-order valence-electron chi connectivity index (χ4n) is 2.46. The Bertz CT molecular complexity index is 901. The summed E-state index contributed by atoms with van der Waals surface area (Å²) in [5.74, 6) is -0.157. The molecule has 0 atom stereocenters. The van der Waals surface area contributed by atoms with Gasteiger partial charge in [0.25, 0.3) is 5.91 Å².